The van der Waals surface area contributed by atoms with Crippen LogP contribution in [0.15, 0.2) is 28.7 Å². The molecule has 0 atom stereocenters. The van der Waals surface area contributed by atoms with Gasteiger partial charge < -0.3 is 9.52 Å². The van der Waals surface area contributed by atoms with Gasteiger partial charge in [0.1, 0.15) is 0 Å². The van der Waals surface area contributed by atoms with Crippen molar-refractivity contribution >= 4 is 5.69 Å². The molecule has 0 saturated carbocycles. The molecule has 1 aromatic carbocycles. The molecule has 2 aromatic rings. The summed E-state index contributed by atoms with van der Waals surface area (Å²) in [5.41, 5.74) is 0.642. The van der Waals surface area contributed by atoms with Gasteiger partial charge in [-0.25, -0.2) is 0 Å². The van der Waals surface area contributed by atoms with Crippen LogP contribution in [-0.4, -0.2) is 44.8 Å². The van der Waals surface area contributed by atoms with Crippen molar-refractivity contribution in [3.8, 4) is 11.5 Å². The number of benzene rings is 1. The van der Waals surface area contributed by atoms with Crippen molar-refractivity contribution in [2.45, 2.75) is 13.5 Å². The van der Waals surface area contributed by atoms with E-state index in [1.165, 1.54) is 12.1 Å². The minimum absolute atomic E-state index is 0.0126. The third-order valence-electron chi connectivity index (χ3n) is 3.01. The number of rotatable bonds is 7. The third-order valence-corrected chi connectivity index (χ3v) is 3.01. The first-order valence-electron chi connectivity index (χ1n) is 6.54. The van der Waals surface area contributed by atoms with Crippen LogP contribution < -0.4 is 0 Å². The summed E-state index contributed by atoms with van der Waals surface area (Å²) >= 11 is 0. The number of aliphatic hydroxyl groups excluding tert-OH is 1. The SMILES string of the molecule is CCN(CCO)Cc1nnc(-c2ccc([N+](=O)[O-])cc2)o1. The largest absolute Gasteiger partial charge is 0.419 e. The molecule has 0 aliphatic heterocycles. The van der Waals surface area contributed by atoms with Crippen molar-refractivity contribution in [2.75, 3.05) is 19.7 Å². The fourth-order valence-corrected chi connectivity index (χ4v) is 1.84. The van der Waals surface area contributed by atoms with Gasteiger partial charge in [0.25, 0.3) is 5.69 Å². The van der Waals surface area contributed by atoms with Crippen LogP contribution in [0, 0.1) is 10.1 Å². The molecule has 0 aliphatic carbocycles. The molecule has 8 heteroatoms. The maximum Gasteiger partial charge on any atom is 0.269 e. The van der Waals surface area contributed by atoms with Crippen LogP contribution in [-0.2, 0) is 6.54 Å². The number of non-ortho nitro benzene ring substituents is 1. The van der Waals surface area contributed by atoms with Crippen LogP contribution in [0.3, 0.4) is 0 Å². The zero-order chi connectivity index (χ0) is 15.2. The van der Waals surface area contributed by atoms with Gasteiger partial charge in [-0.15, -0.1) is 10.2 Å². The molecule has 0 spiro atoms. The summed E-state index contributed by atoms with van der Waals surface area (Å²) in [7, 11) is 0. The molecule has 0 amide bonds. The van der Waals surface area contributed by atoms with Crippen molar-refractivity contribution in [1.82, 2.24) is 15.1 Å². The van der Waals surface area contributed by atoms with Crippen LogP contribution in [0.25, 0.3) is 11.5 Å². The lowest BCUT2D eigenvalue weighted by Crippen LogP contribution is -2.26. The molecule has 0 bridgehead atoms. The van der Waals surface area contributed by atoms with Crippen molar-refractivity contribution in [3.63, 3.8) is 0 Å². The normalized spacial score (nSPS) is 11.0. The second kappa shape index (κ2) is 6.91. The standard InChI is InChI=1S/C13H16N4O4/c1-2-16(7-8-18)9-12-14-15-13(21-12)10-3-5-11(6-4-10)17(19)20/h3-6,18H,2,7-9H2,1H3. The third kappa shape index (κ3) is 3.83. The Bertz CT molecular complexity index is 596. The average Bonchev–Trinajstić information content (AvgIpc) is 2.95. The fourth-order valence-electron chi connectivity index (χ4n) is 1.84. The van der Waals surface area contributed by atoms with Crippen LogP contribution in [0.5, 0.6) is 0 Å². The van der Waals surface area contributed by atoms with Gasteiger partial charge in [0.15, 0.2) is 0 Å². The Kier molecular flexibility index (Phi) is 4.96. The van der Waals surface area contributed by atoms with Gasteiger partial charge in [-0.05, 0) is 18.7 Å². The molecular weight excluding hydrogens is 276 g/mol. The number of nitrogens with zero attached hydrogens (tertiary/aromatic N) is 4. The summed E-state index contributed by atoms with van der Waals surface area (Å²) in [6.45, 7) is 3.79. The van der Waals surface area contributed by atoms with E-state index in [0.717, 1.165) is 6.54 Å². The first-order chi connectivity index (χ1) is 10.1. The van der Waals surface area contributed by atoms with Gasteiger partial charge >= 0.3 is 0 Å². The number of hydrogen-bond acceptors (Lipinski definition) is 7. The lowest BCUT2D eigenvalue weighted by molar-refractivity contribution is -0.384. The molecule has 8 nitrogen and oxygen atoms in total. The van der Waals surface area contributed by atoms with E-state index in [4.69, 9.17) is 9.52 Å². The van der Waals surface area contributed by atoms with E-state index in [1.807, 2.05) is 11.8 Å². The first kappa shape index (κ1) is 15.1. The summed E-state index contributed by atoms with van der Waals surface area (Å²) in [6.07, 6.45) is 0. The summed E-state index contributed by atoms with van der Waals surface area (Å²) in [4.78, 5) is 12.1. The second-order valence-electron chi connectivity index (χ2n) is 4.40. The predicted molar refractivity (Wildman–Crippen MR) is 74.4 cm³/mol. The highest BCUT2D eigenvalue weighted by Gasteiger charge is 2.13. The minimum Gasteiger partial charge on any atom is -0.419 e. The fraction of sp³-hybridized carbons (Fsp3) is 0.385. The minimum atomic E-state index is -0.461. The van der Waals surface area contributed by atoms with E-state index in [-0.39, 0.29) is 12.3 Å². The highest BCUT2D eigenvalue weighted by atomic mass is 16.6. The average molecular weight is 292 g/mol. The molecule has 0 unspecified atom stereocenters. The molecule has 1 N–H and O–H groups in total. The first-order valence-corrected chi connectivity index (χ1v) is 6.54. The maximum atomic E-state index is 10.6. The van der Waals surface area contributed by atoms with Crippen LogP contribution in [0.2, 0.25) is 0 Å². The van der Waals surface area contributed by atoms with Gasteiger partial charge in [0.2, 0.25) is 11.8 Å². The summed E-state index contributed by atoms with van der Waals surface area (Å²) in [5, 5.41) is 27.4. The van der Waals surface area contributed by atoms with E-state index < -0.39 is 4.92 Å². The second-order valence-corrected chi connectivity index (χ2v) is 4.40. The molecule has 112 valence electrons. The molecule has 0 saturated heterocycles. The summed E-state index contributed by atoms with van der Waals surface area (Å²) < 4.78 is 5.53. The molecule has 2 rings (SSSR count). The Labute approximate surface area is 121 Å². The van der Waals surface area contributed by atoms with E-state index in [9.17, 15) is 10.1 Å². The van der Waals surface area contributed by atoms with E-state index in [2.05, 4.69) is 10.2 Å². The molecule has 1 aromatic heterocycles. The molecule has 1 heterocycles. The predicted octanol–water partition coefficient (Wildman–Crippen LogP) is 1.46. The van der Waals surface area contributed by atoms with E-state index >= 15 is 0 Å². The topological polar surface area (TPSA) is 106 Å². The van der Waals surface area contributed by atoms with Gasteiger partial charge in [0.05, 0.1) is 18.1 Å². The number of likely N-dealkylation sites (N-methyl/N-ethyl adjacent to an activating group) is 1. The summed E-state index contributed by atoms with van der Waals surface area (Å²) in [5.74, 6) is 0.763. The van der Waals surface area contributed by atoms with Crippen molar-refractivity contribution in [1.29, 1.82) is 0 Å². The molecule has 0 aliphatic rings. The van der Waals surface area contributed by atoms with E-state index in [0.29, 0.717) is 30.4 Å². The number of aliphatic hydroxyl groups is 1. The number of nitro groups is 1. The number of aromatic nitrogens is 2. The highest BCUT2D eigenvalue weighted by Crippen LogP contribution is 2.21. The van der Waals surface area contributed by atoms with Crippen molar-refractivity contribution < 1.29 is 14.4 Å². The Hall–Kier alpha value is -2.32. The zero-order valence-electron chi connectivity index (χ0n) is 11.6. The van der Waals surface area contributed by atoms with Gasteiger partial charge in [-0.1, -0.05) is 6.92 Å². The van der Waals surface area contributed by atoms with Gasteiger partial charge in [-0.2, -0.15) is 0 Å². The summed E-state index contributed by atoms with van der Waals surface area (Å²) in [6, 6.07) is 5.92. The van der Waals surface area contributed by atoms with Crippen molar-refractivity contribution in [2.24, 2.45) is 0 Å². The zero-order valence-corrected chi connectivity index (χ0v) is 11.6. The Morgan fingerprint density at radius 2 is 2.05 bits per heavy atom. The number of hydrogen-bond donors (Lipinski definition) is 1. The Morgan fingerprint density at radius 1 is 1.33 bits per heavy atom. The quantitative estimate of drug-likeness (QED) is 0.608. The van der Waals surface area contributed by atoms with Crippen LogP contribution in [0.4, 0.5) is 5.69 Å². The molecule has 0 fully saturated rings. The Morgan fingerprint density at radius 3 is 2.62 bits per heavy atom. The maximum absolute atomic E-state index is 10.6. The smallest absolute Gasteiger partial charge is 0.269 e. The lowest BCUT2D eigenvalue weighted by Gasteiger charge is -2.15. The van der Waals surface area contributed by atoms with Crippen LogP contribution in [0.1, 0.15) is 12.8 Å². The monoisotopic (exact) mass is 292 g/mol. The van der Waals surface area contributed by atoms with Gasteiger partial charge in [-0.3, -0.25) is 15.0 Å². The van der Waals surface area contributed by atoms with Crippen molar-refractivity contribution in [3.05, 3.63) is 40.3 Å². The Balaban J connectivity index is 2.10. The number of nitro benzene ring substituents is 1. The molecule has 21 heavy (non-hydrogen) atoms. The van der Waals surface area contributed by atoms with Crippen LogP contribution >= 0.6 is 0 Å². The molecular formula is C13H16N4O4. The lowest BCUT2D eigenvalue weighted by atomic mass is 10.2. The molecule has 0 radical (unpaired) electrons. The van der Waals surface area contributed by atoms with E-state index in [1.54, 1.807) is 12.1 Å². The highest BCUT2D eigenvalue weighted by molar-refractivity contribution is 5.55. The van der Waals surface area contributed by atoms with Gasteiger partial charge in [0, 0.05) is 24.2 Å².